The van der Waals surface area contributed by atoms with E-state index in [1.165, 1.54) is 27.8 Å². The predicted molar refractivity (Wildman–Crippen MR) is 116 cm³/mol. The predicted octanol–water partition coefficient (Wildman–Crippen LogP) is 1.44. The Labute approximate surface area is 173 Å². The number of pyridine rings is 1. The molecule has 3 aromatic rings. The highest BCUT2D eigenvalue weighted by atomic mass is 16.2. The standard InChI is InChI=1S/C22H25N5O3/c1-15-4-3-5-17-16(2)14-18(23-21(15)17)25-10-12-26(13-11-25)20(29)7-9-27-8-6-19(28)24-22(27)30/h3-6,8,14H,7,9-13H2,1-2H3,(H,24,28,30). The minimum atomic E-state index is -0.492. The Morgan fingerprint density at radius 2 is 1.83 bits per heavy atom. The number of aryl methyl sites for hydroxylation is 3. The fraction of sp³-hybridized carbons (Fsp3) is 0.364. The van der Waals surface area contributed by atoms with Gasteiger partial charge in [0.05, 0.1) is 5.52 Å². The molecule has 3 heterocycles. The molecule has 1 N–H and O–H groups in total. The number of nitrogens with zero attached hydrogens (tertiary/aromatic N) is 4. The zero-order chi connectivity index (χ0) is 21.3. The van der Waals surface area contributed by atoms with Gasteiger partial charge in [-0.05, 0) is 31.0 Å². The normalized spacial score (nSPS) is 14.3. The number of para-hydroxylation sites is 1. The highest BCUT2D eigenvalue weighted by Gasteiger charge is 2.22. The minimum Gasteiger partial charge on any atom is -0.353 e. The molecule has 0 bridgehead atoms. The van der Waals surface area contributed by atoms with Gasteiger partial charge in [0.2, 0.25) is 5.91 Å². The second-order valence-electron chi connectivity index (χ2n) is 7.69. The SMILES string of the molecule is Cc1cc(N2CCN(C(=O)CCn3ccc(=O)[nH]c3=O)CC2)nc2c(C)cccc12. The largest absolute Gasteiger partial charge is 0.353 e. The van der Waals surface area contributed by atoms with Crippen LogP contribution in [0.25, 0.3) is 10.9 Å². The lowest BCUT2D eigenvalue weighted by Crippen LogP contribution is -2.49. The molecule has 0 unspecified atom stereocenters. The van der Waals surface area contributed by atoms with Gasteiger partial charge >= 0.3 is 5.69 Å². The highest BCUT2D eigenvalue weighted by molar-refractivity contribution is 5.86. The first kappa shape index (κ1) is 19.9. The molecule has 0 spiro atoms. The number of piperazine rings is 1. The number of hydrogen-bond donors (Lipinski definition) is 1. The number of rotatable bonds is 4. The lowest BCUT2D eigenvalue weighted by molar-refractivity contribution is -0.131. The van der Waals surface area contributed by atoms with Crippen LogP contribution < -0.4 is 16.1 Å². The monoisotopic (exact) mass is 407 g/mol. The molecule has 30 heavy (non-hydrogen) atoms. The van der Waals surface area contributed by atoms with E-state index < -0.39 is 11.2 Å². The van der Waals surface area contributed by atoms with Crippen LogP contribution in [0.15, 0.2) is 46.1 Å². The molecule has 1 saturated heterocycles. The van der Waals surface area contributed by atoms with E-state index in [1.807, 2.05) is 4.90 Å². The minimum absolute atomic E-state index is 0.00578. The Bertz CT molecular complexity index is 1210. The number of aromatic amines is 1. The van der Waals surface area contributed by atoms with E-state index in [2.05, 4.69) is 48.0 Å². The van der Waals surface area contributed by atoms with Gasteiger partial charge in [0.1, 0.15) is 5.82 Å². The average molecular weight is 407 g/mol. The molecule has 0 saturated carbocycles. The number of amides is 1. The first-order chi connectivity index (χ1) is 14.4. The molecule has 8 nitrogen and oxygen atoms in total. The number of hydrogen-bond acceptors (Lipinski definition) is 5. The van der Waals surface area contributed by atoms with Crippen LogP contribution >= 0.6 is 0 Å². The number of benzene rings is 1. The van der Waals surface area contributed by atoms with Crippen molar-refractivity contribution in [1.82, 2.24) is 19.4 Å². The van der Waals surface area contributed by atoms with Gasteiger partial charge < -0.3 is 14.4 Å². The van der Waals surface area contributed by atoms with Crippen molar-refractivity contribution in [1.29, 1.82) is 0 Å². The van der Waals surface area contributed by atoms with Gasteiger partial charge in [-0.1, -0.05) is 18.2 Å². The van der Waals surface area contributed by atoms with Gasteiger partial charge in [-0.3, -0.25) is 14.6 Å². The summed E-state index contributed by atoms with van der Waals surface area (Å²) in [5.41, 5.74) is 2.45. The topological polar surface area (TPSA) is 91.3 Å². The number of aromatic nitrogens is 3. The number of fused-ring (bicyclic) bond motifs is 1. The molecule has 1 aliphatic heterocycles. The summed E-state index contributed by atoms with van der Waals surface area (Å²) in [6, 6.07) is 9.62. The number of H-pyrrole nitrogens is 1. The fourth-order valence-corrected chi connectivity index (χ4v) is 3.89. The molecule has 0 aliphatic carbocycles. The van der Waals surface area contributed by atoms with E-state index in [0.717, 1.165) is 16.9 Å². The van der Waals surface area contributed by atoms with Crippen molar-refractivity contribution >= 4 is 22.6 Å². The van der Waals surface area contributed by atoms with Gasteiger partial charge in [-0.25, -0.2) is 9.78 Å². The summed E-state index contributed by atoms with van der Waals surface area (Å²) in [5, 5.41) is 1.17. The lowest BCUT2D eigenvalue weighted by Gasteiger charge is -2.35. The summed E-state index contributed by atoms with van der Waals surface area (Å²) in [6.45, 7) is 7.09. The van der Waals surface area contributed by atoms with Crippen molar-refractivity contribution in [2.45, 2.75) is 26.8 Å². The van der Waals surface area contributed by atoms with Crippen LogP contribution in [0.2, 0.25) is 0 Å². The zero-order valence-corrected chi connectivity index (χ0v) is 17.2. The quantitative estimate of drug-likeness (QED) is 0.707. The third-order valence-electron chi connectivity index (χ3n) is 5.65. The van der Waals surface area contributed by atoms with Gasteiger partial charge in [0.25, 0.3) is 5.56 Å². The van der Waals surface area contributed by atoms with E-state index >= 15 is 0 Å². The van der Waals surface area contributed by atoms with Gasteiger partial charge in [0, 0.05) is 56.8 Å². The maximum absolute atomic E-state index is 12.6. The molecule has 4 rings (SSSR count). The van der Waals surface area contributed by atoms with Gasteiger partial charge in [-0.2, -0.15) is 0 Å². The van der Waals surface area contributed by atoms with Crippen molar-refractivity contribution in [2.75, 3.05) is 31.1 Å². The van der Waals surface area contributed by atoms with E-state index in [1.54, 1.807) is 0 Å². The second-order valence-corrected chi connectivity index (χ2v) is 7.69. The number of carbonyl (C=O) groups excluding carboxylic acids is 1. The Morgan fingerprint density at radius 3 is 2.57 bits per heavy atom. The Morgan fingerprint density at radius 1 is 1.07 bits per heavy atom. The van der Waals surface area contributed by atoms with Crippen LogP contribution in [-0.4, -0.2) is 51.5 Å². The van der Waals surface area contributed by atoms with Crippen LogP contribution in [0.3, 0.4) is 0 Å². The van der Waals surface area contributed by atoms with E-state index in [4.69, 9.17) is 4.98 Å². The van der Waals surface area contributed by atoms with Crippen molar-refractivity contribution in [2.24, 2.45) is 0 Å². The van der Waals surface area contributed by atoms with Crippen molar-refractivity contribution in [3.05, 3.63) is 68.5 Å². The smallest absolute Gasteiger partial charge is 0.328 e. The summed E-state index contributed by atoms with van der Waals surface area (Å²) in [4.78, 5) is 46.6. The summed E-state index contributed by atoms with van der Waals surface area (Å²) < 4.78 is 1.35. The molecule has 0 atom stereocenters. The summed E-state index contributed by atoms with van der Waals surface area (Å²) in [5.74, 6) is 0.951. The van der Waals surface area contributed by atoms with Crippen LogP contribution in [0, 0.1) is 13.8 Å². The molecular formula is C22H25N5O3. The lowest BCUT2D eigenvalue weighted by atomic mass is 10.1. The van der Waals surface area contributed by atoms with E-state index in [0.29, 0.717) is 26.2 Å². The number of nitrogens with one attached hydrogen (secondary N) is 1. The second kappa shape index (κ2) is 8.14. The third kappa shape index (κ3) is 3.98. The Hall–Kier alpha value is -3.42. The van der Waals surface area contributed by atoms with Crippen LogP contribution in [0.4, 0.5) is 5.82 Å². The molecule has 2 aromatic heterocycles. The van der Waals surface area contributed by atoms with Crippen molar-refractivity contribution < 1.29 is 4.79 Å². The first-order valence-corrected chi connectivity index (χ1v) is 10.1. The number of carbonyl (C=O) groups is 1. The van der Waals surface area contributed by atoms with Crippen LogP contribution in [-0.2, 0) is 11.3 Å². The molecule has 1 fully saturated rings. The fourth-order valence-electron chi connectivity index (χ4n) is 3.89. The average Bonchev–Trinajstić information content (AvgIpc) is 2.74. The van der Waals surface area contributed by atoms with Gasteiger partial charge in [0.15, 0.2) is 0 Å². The maximum atomic E-state index is 12.6. The molecule has 0 radical (unpaired) electrons. The first-order valence-electron chi connectivity index (χ1n) is 10.1. The Balaban J connectivity index is 1.39. The molecule has 1 amide bonds. The van der Waals surface area contributed by atoms with E-state index in [9.17, 15) is 14.4 Å². The van der Waals surface area contributed by atoms with E-state index in [-0.39, 0.29) is 18.9 Å². The maximum Gasteiger partial charge on any atom is 0.328 e. The molecule has 1 aromatic carbocycles. The van der Waals surface area contributed by atoms with Crippen molar-refractivity contribution in [3.8, 4) is 0 Å². The third-order valence-corrected chi connectivity index (χ3v) is 5.65. The molecular weight excluding hydrogens is 382 g/mol. The van der Waals surface area contributed by atoms with Crippen LogP contribution in [0.5, 0.6) is 0 Å². The van der Waals surface area contributed by atoms with Crippen molar-refractivity contribution in [3.63, 3.8) is 0 Å². The summed E-state index contributed by atoms with van der Waals surface area (Å²) >= 11 is 0. The summed E-state index contributed by atoms with van der Waals surface area (Å²) in [6.07, 6.45) is 1.64. The Kier molecular flexibility index (Phi) is 5.39. The molecule has 8 heteroatoms. The zero-order valence-electron chi connectivity index (χ0n) is 17.2. The number of anilines is 1. The van der Waals surface area contributed by atoms with Crippen LogP contribution in [0.1, 0.15) is 17.5 Å². The summed E-state index contributed by atoms with van der Waals surface area (Å²) in [7, 11) is 0. The molecule has 1 aliphatic rings. The highest BCUT2D eigenvalue weighted by Crippen LogP contribution is 2.25. The molecule has 156 valence electrons. The van der Waals surface area contributed by atoms with Gasteiger partial charge in [-0.15, -0.1) is 0 Å².